The van der Waals surface area contributed by atoms with Gasteiger partial charge in [-0.2, -0.15) is 0 Å². The Morgan fingerprint density at radius 3 is 1.48 bits per heavy atom. The molecular weight excluding hydrogens is 689 g/mol. The third-order valence-electron chi connectivity index (χ3n) is 10.3. The van der Waals surface area contributed by atoms with E-state index >= 15 is 0 Å². The molecule has 0 aliphatic rings. The van der Waals surface area contributed by atoms with E-state index in [4.69, 9.17) is 28.8 Å². The van der Waals surface area contributed by atoms with Gasteiger partial charge in [-0.25, -0.2) is 19.9 Å². The van der Waals surface area contributed by atoms with E-state index in [0.29, 0.717) is 34.5 Å². The molecule has 0 radical (unpaired) electrons. The van der Waals surface area contributed by atoms with Crippen molar-refractivity contribution >= 4 is 43.8 Å². The quantitative estimate of drug-likeness (QED) is 0.170. The van der Waals surface area contributed by atoms with Gasteiger partial charge in [-0.3, -0.25) is 0 Å². The van der Waals surface area contributed by atoms with Gasteiger partial charge in [0.2, 0.25) is 5.89 Å². The number of fused-ring (bicyclic) bond motifs is 7. The van der Waals surface area contributed by atoms with Gasteiger partial charge in [-0.05, 0) is 81.6 Å². The molecule has 0 amide bonds. The number of oxazole rings is 1. The summed E-state index contributed by atoms with van der Waals surface area (Å²) in [5.41, 5.74) is 10.8. The van der Waals surface area contributed by atoms with E-state index in [9.17, 15) is 0 Å². The summed E-state index contributed by atoms with van der Waals surface area (Å²) in [6, 6.07) is 61.8. The summed E-state index contributed by atoms with van der Waals surface area (Å²) in [6.07, 6.45) is 0. The van der Waals surface area contributed by atoms with Gasteiger partial charge in [0.05, 0.1) is 5.39 Å². The number of hydrogen-bond acceptors (Lipinski definition) is 6. The fourth-order valence-corrected chi connectivity index (χ4v) is 7.68. The Balaban J connectivity index is 1.16. The summed E-state index contributed by atoms with van der Waals surface area (Å²) in [5.74, 6) is 2.29. The molecule has 0 aliphatic carbocycles. The summed E-state index contributed by atoms with van der Waals surface area (Å²) in [4.78, 5) is 20.4. The van der Waals surface area contributed by atoms with Gasteiger partial charge in [-0.15, -0.1) is 0 Å². The number of nitrogens with zero attached hydrogens (tertiary/aromatic N) is 4. The van der Waals surface area contributed by atoms with Crippen LogP contribution in [0.25, 0.3) is 112 Å². The lowest BCUT2D eigenvalue weighted by Crippen LogP contribution is -2.01. The molecule has 6 heteroatoms. The molecule has 11 rings (SSSR count). The van der Waals surface area contributed by atoms with E-state index in [1.54, 1.807) is 0 Å². The minimum atomic E-state index is 0.551. The number of aromatic nitrogens is 4. The van der Waals surface area contributed by atoms with Gasteiger partial charge in [0.15, 0.2) is 23.1 Å². The maximum Gasteiger partial charge on any atom is 0.227 e. The van der Waals surface area contributed by atoms with Crippen LogP contribution in [0.3, 0.4) is 0 Å². The number of hydrogen-bond donors (Lipinski definition) is 0. The van der Waals surface area contributed by atoms with Crippen LogP contribution >= 0.6 is 0 Å². The van der Waals surface area contributed by atoms with Gasteiger partial charge < -0.3 is 8.83 Å². The zero-order valence-electron chi connectivity index (χ0n) is 29.9. The van der Waals surface area contributed by atoms with Crippen LogP contribution in [0.5, 0.6) is 0 Å². The van der Waals surface area contributed by atoms with Crippen molar-refractivity contribution in [3.8, 4) is 67.9 Å². The molecule has 262 valence electrons. The van der Waals surface area contributed by atoms with Crippen LogP contribution in [0.4, 0.5) is 0 Å². The summed E-state index contributed by atoms with van der Waals surface area (Å²) in [6.45, 7) is 0. The Morgan fingerprint density at radius 2 is 0.839 bits per heavy atom. The first-order valence-corrected chi connectivity index (χ1v) is 18.5. The van der Waals surface area contributed by atoms with Gasteiger partial charge in [0.1, 0.15) is 16.7 Å². The first-order chi connectivity index (χ1) is 27.7. The average Bonchev–Trinajstić information content (AvgIpc) is 3.89. The molecule has 56 heavy (non-hydrogen) atoms. The van der Waals surface area contributed by atoms with E-state index in [2.05, 4.69) is 91.0 Å². The minimum absolute atomic E-state index is 0.551. The monoisotopic (exact) mass is 718 g/mol. The van der Waals surface area contributed by atoms with Gasteiger partial charge in [0.25, 0.3) is 0 Å². The second-order valence-corrected chi connectivity index (χ2v) is 13.8. The number of rotatable bonds is 6. The molecule has 8 aromatic carbocycles. The lowest BCUT2D eigenvalue weighted by atomic mass is 9.95. The molecule has 0 saturated heterocycles. The summed E-state index contributed by atoms with van der Waals surface area (Å²) >= 11 is 0. The molecule has 6 nitrogen and oxygen atoms in total. The molecule has 0 N–H and O–H groups in total. The summed E-state index contributed by atoms with van der Waals surface area (Å²) in [5, 5.41) is 3.84. The van der Waals surface area contributed by atoms with Crippen LogP contribution < -0.4 is 0 Å². The highest BCUT2D eigenvalue weighted by atomic mass is 16.4. The first kappa shape index (κ1) is 31.8. The van der Waals surface area contributed by atoms with Crippen LogP contribution in [-0.4, -0.2) is 19.9 Å². The Bertz CT molecular complexity index is 3170. The topological polar surface area (TPSA) is 77.8 Å². The van der Waals surface area contributed by atoms with E-state index in [-0.39, 0.29) is 0 Å². The Labute approximate surface area is 321 Å². The van der Waals surface area contributed by atoms with E-state index in [1.807, 2.05) is 91.0 Å². The molecule has 0 saturated carbocycles. The predicted molar refractivity (Wildman–Crippen MR) is 225 cm³/mol. The lowest BCUT2D eigenvalue weighted by molar-refractivity contribution is 0.622. The second-order valence-electron chi connectivity index (χ2n) is 13.8. The summed E-state index contributed by atoms with van der Waals surface area (Å²) < 4.78 is 13.2. The van der Waals surface area contributed by atoms with E-state index in [0.717, 1.165) is 77.2 Å². The van der Waals surface area contributed by atoms with Crippen molar-refractivity contribution in [1.29, 1.82) is 0 Å². The van der Waals surface area contributed by atoms with Crippen molar-refractivity contribution in [2.45, 2.75) is 0 Å². The first-order valence-electron chi connectivity index (χ1n) is 18.5. The smallest absolute Gasteiger partial charge is 0.227 e. The van der Waals surface area contributed by atoms with Crippen LogP contribution in [-0.2, 0) is 0 Å². The number of benzene rings is 8. The fraction of sp³-hybridized carbons (Fsp3) is 0. The number of furan rings is 1. The molecule has 3 aromatic heterocycles. The van der Waals surface area contributed by atoms with Crippen LogP contribution in [0.1, 0.15) is 0 Å². The molecule has 11 aromatic rings. The molecule has 0 atom stereocenters. The zero-order chi connectivity index (χ0) is 37.0. The molecule has 0 fully saturated rings. The molecule has 0 spiro atoms. The maximum absolute atomic E-state index is 6.65. The van der Waals surface area contributed by atoms with Crippen molar-refractivity contribution in [3.63, 3.8) is 0 Å². The highest BCUT2D eigenvalue weighted by Gasteiger charge is 2.22. The van der Waals surface area contributed by atoms with Crippen LogP contribution in [0, 0.1) is 0 Å². The van der Waals surface area contributed by atoms with Crippen molar-refractivity contribution in [3.05, 3.63) is 182 Å². The normalized spacial score (nSPS) is 11.6. The molecule has 0 bridgehead atoms. The van der Waals surface area contributed by atoms with Crippen molar-refractivity contribution in [2.75, 3.05) is 0 Å². The predicted octanol–water partition coefficient (Wildman–Crippen LogP) is 13.1. The van der Waals surface area contributed by atoms with E-state index in [1.165, 1.54) is 0 Å². The van der Waals surface area contributed by atoms with Gasteiger partial charge >= 0.3 is 0 Å². The zero-order valence-corrected chi connectivity index (χ0v) is 29.9. The van der Waals surface area contributed by atoms with Crippen molar-refractivity contribution in [1.82, 2.24) is 19.9 Å². The van der Waals surface area contributed by atoms with E-state index < -0.39 is 0 Å². The molecular formula is C50H30N4O2. The largest absolute Gasteiger partial charge is 0.456 e. The fourth-order valence-electron chi connectivity index (χ4n) is 7.68. The minimum Gasteiger partial charge on any atom is -0.456 e. The Hall–Kier alpha value is -7.70. The molecule has 0 unspecified atom stereocenters. The van der Waals surface area contributed by atoms with Crippen molar-refractivity contribution < 1.29 is 8.83 Å². The van der Waals surface area contributed by atoms with Crippen LogP contribution in [0.2, 0.25) is 0 Å². The van der Waals surface area contributed by atoms with Gasteiger partial charge in [-0.1, -0.05) is 133 Å². The third kappa shape index (κ3) is 5.43. The lowest BCUT2D eigenvalue weighted by Gasteiger charge is -2.13. The Kier molecular flexibility index (Phi) is 7.38. The second kappa shape index (κ2) is 13.0. The van der Waals surface area contributed by atoms with Gasteiger partial charge in [0, 0.05) is 27.6 Å². The maximum atomic E-state index is 6.65. The Morgan fingerprint density at radius 1 is 0.321 bits per heavy atom. The molecule has 3 heterocycles. The van der Waals surface area contributed by atoms with Crippen LogP contribution in [0.15, 0.2) is 191 Å². The highest BCUT2D eigenvalue weighted by molar-refractivity contribution is 6.26. The van der Waals surface area contributed by atoms with Crippen molar-refractivity contribution in [2.24, 2.45) is 0 Å². The average molecular weight is 719 g/mol. The SMILES string of the molecule is c1ccc(-c2cc(-c3ccccc3)cc(-c3nc(-c4ccccc4)nc(-c4cc5oc6ccc7nc(-c8ccccc8)oc7c6c5c5ccccc45)n3)c2)cc1. The third-order valence-corrected chi connectivity index (χ3v) is 10.3. The summed E-state index contributed by atoms with van der Waals surface area (Å²) in [7, 11) is 0. The highest BCUT2D eigenvalue weighted by Crippen LogP contribution is 2.43. The molecule has 0 aliphatic heterocycles. The standard InChI is InChI=1S/C50H30N4O2/c1-5-15-31(16-6-1)35-27-36(32-17-7-2-8-18-32)29-37(28-35)48-52-47(33-19-9-3-10-20-33)53-49(54-48)40-30-43-44(39-24-14-13-23-38(39)40)45-42(55-43)26-25-41-46(45)56-50(51-41)34-21-11-4-12-22-34/h1-30H.